The van der Waals surface area contributed by atoms with Crippen molar-refractivity contribution in [2.45, 2.75) is 19.9 Å². The van der Waals surface area contributed by atoms with Crippen molar-refractivity contribution in [1.29, 1.82) is 0 Å². The van der Waals surface area contributed by atoms with E-state index in [9.17, 15) is 5.11 Å². The van der Waals surface area contributed by atoms with Crippen LogP contribution in [0.15, 0.2) is 24.4 Å². The molecule has 0 spiro atoms. The molecule has 1 aliphatic heterocycles. The molecule has 5 heteroatoms. The summed E-state index contributed by atoms with van der Waals surface area (Å²) in [5.74, 6) is 2.39. The van der Waals surface area contributed by atoms with Gasteiger partial charge in [-0.15, -0.1) is 0 Å². The first-order valence-electron chi connectivity index (χ1n) is 6.76. The third-order valence-electron chi connectivity index (χ3n) is 3.47. The van der Waals surface area contributed by atoms with Gasteiger partial charge in [-0.25, -0.2) is 4.98 Å². The maximum absolute atomic E-state index is 9.26. The molecule has 0 radical (unpaired) electrons. The van der Waals surface area contributed by atoms with Crippen molar-refractivity contribution in [2.75, 3.05) is 24.8 Å². The van der Waals surface area contributed by atoms with Crippen LogP contribution in [-0.2, 0) is 0 Å². The van der Waals surface area contributed by atoms with E-state index >= 15 is 0 Å². The molecule has 1 aliphatic rings. The monoisotopic (exact) mass is 274 g/mol. The fourth-order valence-electron chi connectivity index (χ4n) is 2.49. The summed E-state index contributed by atoms with van der Waals surface area (Å²) in [5, 5.41) is 11.3. The number of rotatable bonds is 4. The van der Waals surface area contributed by atoms with Gasteiger partial charge in [0.15, 0.2) is 11.5 Å². The van der Waals surface area contributed by atoms with E-state index in [-0.39, 0.29) is 19.4 Å². The Morgan fingerprint density at radius 1 is 1.30 bits per heavy atom. The van der Waals surface area contributed by atoms with Gasteiger partial charge < -0.3 is 19.5 Å². The van der Waals surface area contributed by atoms with Crippen molar-refractivity contribution in [1.82, 2.24) is 4.98 Å². The van der Waals surface area contributed by atoms with Crippen LogP contribution in [0.3, 0.4) is 0 Å². The lowest BCUT2D eigenvalue weighted by Crippen LogP contribution is -2.34. The summed E-state index contributed by atoms with van der Waals surface area (Å²) in [6.07, 6.45) is 1.78. The zero-order valence-corrected chi connectivity index (χ0v) is 11.7. The predicted octanol–water partition coefficient (Wildman–Crippen LogP) is 2.17. The van der Waals surface area contributed by atoms with Gasteiger partial charge in [0.1, 0.15) is 5.82 Å². The van der Waals surface area contributed by atoms with E-state index in [1.54, 1.807) is 6.20 Å². The molecule has 0 aliphatic carbocycles. The Balaban J connectivity index is 2.15. The van der Waals surface area contributed by atoms with Crippen LogP contribution in [-0.4, -0.2) is 36.1 Å². The third-order valence-corrected chi connectivity index (χ3v) is 3.47. The smallest absolute Gasteiger partial charge is 0.231 e. The van der Waals surface area contributed by atoms with Crippen LogP contribution in [0.2, 0.25) is 0 Å². The Labute approximate surface area is 117 Å². The topological polar surface area (TPSA) is 54.8 Å². The van der Waals surface area contributed by atoms with Gasteiger partial charge in [0.2, 0.25) is 6.79 Å². The first-order valence-corrected chi connectivity index (χ1v) is 6.76. The van der Waals surface area contributed by atoms with Crippen LogP contribution >= 0.6 is 0 Å². The molecule has 2 heterocycles. The summed E-state index contributed by atoms with van der Waals surface area (Å²) < 4.78 is 10.8. The van der Waals surface area contributed by atoms with Crippen molar-refractivity contribution in [3.8, 4) is 11.5 Å². The Bertz CT molecular complexity index is 628. The lowest BCUT2D eigenvalue weighted by molar-refractivity contribution is 0.174. The molecular formula is C15H18N2O3. The highest BCUT2D eigenvalue weighted by molar-refractivity contribution is 5.94. The average Bonchev–Trinajstić information content (AvgIpc) is 2.88. The van der Waals surface area contributed by atoms with Gasteiger partial charge in [-0.3, -0.25) is 0 Å². The maximum atomic E-state index is 9.26. The van der Waals surface area contributed by atoms with E-state index in [2.05, 4.69) is 23.7 Å². The van der Waals surface area contributed by atoms with Gasteiger partial charge in [-0.2, -0.15) is 0 Å². The second kappa shape index (κ2) is 5.17. The van der Waals surface area contributed by atoms with E-state index in [1.165, 1.54) is 0 Å². The first-order chi connectivity index (χ1) is 9.70. The highest BCUT2D eigenvalue weighted by atomic mass is 16.7. The van der Waals surface area contributed by atoms with E-state index in [0.717, 1.165) is 28.1 Å². The van der Waals surface area contributed by atoms with Gasteiger partial charge in [0.05, 0.1) is 6.61 Å². The van der Waals surface area contributed by atoms with Crippen LogP contribution in [0, 0.1) is 0 Å². The minimum Gasteiger partial charge on any atom is -0.454 e. The third kappa shape index (κ3) is 2.14. The maximum Gasteiger partial charge on any atom is 0.231 e. The molecule has 0 unspecified atom stereocenters. The zero-order chi connectivity index (χ0) is 14.1. The Morgan fingerprint density at radius 3 is 2.75 bits per heavy atom. The second-order valence-electron chi connectivity index (χ2n) is 5.07. The van der Waals surface area contributed by atoms with Crippen LogP contribution < -0.4 is 14.4 Å². The molecule has 5 nitrogen and oxygen atoms in total. The predicted molar refractivity (Wildman–Crippen MR) is 77.4 cm³/mol. The minimum absolute atomic E-state index is 0.0980. The number of aliphatic hydroxyl groups excluding tert-OH is 1. The lowest BCUT2D eigenvalue weighted by atomic mass is 10.1. The van der Waals surface area contributed by atoms with E-state index in [0.29, 0.717) is 6.54 Å². The van der Waals surface area contributed by atoms with Crippen LogP contribution in [0.1, 0.15) is 13.8 Å². The fourth-order valence-corrected chi connectivity index (χ4v) is 2.49. The summed E-state index contributed by atoms with van der Waals surface area (Å²) in [5.41, 5.74) is 0. The quantitative estimate of drug-likeness (QED) is 0.926. The molecule has 2 aromatic rings. The Kier molecular flexibility index (Phi) is 3.36. The number of benzene rings is 1. The van der Waals surface area contributed by atoms with Gasteiger partial charge in [-0.1, -0.05) is 0 Å². The average molecular weight is 274 g/mol. The summed E-state index contributed by atoms with van der Waals surface area (Å²) in [4.78, 5) is 6.58. The molecule has 0 saturated heterocycles. The van der Waals surface area contributed by atoms with E-state index in [1.807, 2.05) is 18.2 Å². The molecule has 3 rings (SSSR count). The van der Waals surface area contributed by atoms with Gasteiger partial charge >= 0.3 is 0 Å². The minimum atomic E-state index is 0.0980. The number of aliphatic hydroxyl groups is 1. The molecule has 0 saturated carbocycles. The Morgan fingerprint density at radius 2 is 2.05 bits per heavy atom. The van der Waals surface area contributed by atoms with Crippen molar-refractivity contribution in [2.24, 2.45) is 0 Å². The standard InChI is InChI=1S/C15H18N2O3/c1-10(2)17(5-6-18)15-12-8-14-13(19-9-20-14)7-11(12)3-4-16-15/h3-4,7-8,10,18H,5-6,9H2,1-2H3. The zero-order valence-electron chi connectivity index (χ0n) is 11.7. The van der Waals surface area contributed by atoms with Crippen molar-refractivity contribution < 1.29 is 14.6 Å². The Hall–Kier alpha value is -2.01. The van der Waals surface area contributed by atoms with Crippen LogP contribution in [0.25, 0.3) is 10.8 Å². The van der Waals surface area contributed by atoms with Crippen LogP contribution in [0.5, 0.6) is 11.5 Å². The lowest BCUT2D eigenvalue weighted by Gasteiger charge is -2.28. The molecule has 106 valence electrons. The molecule has 0 bridgehead atoms. The van der Waals surface area contributed by atoms with Crippen molar-refractivity contribution >= 4 is 16.6 Å². The van der Waals surface area contributed by atoms with E-state index in [4.69, 9.17) is 9.47 Å². The molecule has 0 fully saturated rings. The number of hydrogen-bond acceptors (Lipinski definition) is 5. The normalized spacial score (nSPS) is 13.2. The van der Waals surface area contributed by atoms with Gasteiger partial charge in [0.25, 0.3) is 0 Å². The van der Waals surface area contributed by atoms with E-state index < -0.39 is 0 Å². The largest absolute Gasteiger partial charge is 0.454 e. The molecule has 0 atom stereocenters. The molecule has 20 heavy (non-hydrogen) atoms. The molecule has 1 aromatic heterocycles. The molecule has 0 amide bonds. The number of fused-ring (bicyclic) bond motifs is 2. The van der Waals surface area contributed by atoms with Crippen molar-refractivity contribution in [3.63, 3.8) is 0 Å². The molecule has 1 N–H and O–H groups in total. The first kappa shape index (κ1) is 13.0. The molecule has 1 aromatic carbocycles. The number of ether oxygens (including phenoxy) is 2. The fraction of sp³-hybridized carbons (Fsp3) is 0.400. The summed E-state index contributed by atoms with van der Waals surface area (Å²) in [6.45, 7) is 5.09. The molecular weight excluding hydrogens is 256 g/mol. The number of aromatic nitrogens is 1. The summed E-state index contributed by atoms with van der Waals surface area (Å²) in [6, 6.07) is 6.15. The van der Waals surface area contributed by atoms with Crippen molar-refractivity contribution in [3.05, 3.63) is 24.4 Å². The summed E-state index contributed by atoms with van der Waals surface area (Å²) in [7, 11) is 0. The SMILES string of the molecule is CC(C)N(CCO)c1nccc2cc3c(cc12)OCO3. The number of pyridine rings is 1. The van der Waals surface area contributed by atoms with Crippen LogP contribution in [0.4, 0.5) is 5.82 Å². The highest BCUT2D eigenvalue weighted by Crippen LogP contribution is 2.38. The van der Waals surface area contributed by atoms with Gasteiger partial charge in [-0.05, 0) is 37.4 Å². The highest BCUT2D eigenvalue weighted by Gasteiger charge is 2.19. The number of anilines is 1. The van der Waals surface area contributed by atoms with Gasteiger partial charge in [0, 0.05) is 24.2 Å². The second-order valence-corrected chi connectivity index (χ2v) is 5.07. The number of hydrogen-bond donors (Lipinski definition) is 1. The number of nitrogens with zero attached hydrogens (tertiary/aromatic N) is 2. The summed E-state index contributed by atoms with van der Waals surface area (Å²) >= 11 is 0.